The summed E-state index contributed by atoms with van der Waals surface area (Å²) in [6.07, 6.45) is 5.11. The Hall–Kier alpha value is -2.50. The van der Waals surface area contributed by atoms with E-state index in [2.05, 4.69) is 27.9 Å². The molecule has 3 rings (SSSR count). The number of hydrogen-bond donors (Lipinski definition) is 2. The quantitative estimate of drug-likeness (QED) is 0.878. The number of amides is 2. The van der Waals surface area contributed by atoms with E-state index in [0.717, 1.165) is 36.3 Å². The van der Waals surface area contributed by atoms with Crippen LogP contribution in [0.1, 0.15) is 41.1 Å². The molecule has 1 aliphatic rings. The third-order valence-electron chi connectivity index (χ3n) is 5.07. The van der Waals surface area contributed by atoms with Crippen LogP contribution in [0.4, 0.5) is 4.79 Å². The van der Waals surface area contributed by atoms with Crippen LogP contribution in [0.5, 0.6) is 5.75 Å². The number of hydrogen-bond acceptors (Lipinski definition) is 3. The van der Waals surface area contributed by atoms with Crippen molar-refractivity contribution in [2.75, 3.05) is 13.7 Å². The maximum Gasteiger partial charge on any atom is 0.315 e. The standard InChI is InChI=1S/C19H26N4O2/c1-13-16(12-22-23(13)2)11-21-19(24)20-10-15-6-4-5-14-9-17(25-3)7-8-18(14)15/h7-9,12,15H,4-6,10-11H2,1-3H3,(H2,20,21,24)/t15-/m1/s1. The Balaban J connectivity index is 1.54. The Morgan fingerprint density at radius 3 is 2.96 bits per heavy atom. The predicted octanol–water partition coefficient (Wildman–Crippen LogP) is 2.66. The molecule has 2 amide bonds. The van der Waals surface area contributed by atoms with Crippen LogP contribution in [0, 0.1) is 6.92 Å². The summed E-state index contributed by atoms with van der Waals surface area (Å²) in [5, 5.41) is 10.1. The number of ether oxygens (including phenoxy) is 1. The van der Waals surface area contributed by atoms with Gasteiger partial charge < -0.3 is 15.4 Å². The summed E-state index contributed by atoms with van der Waals surface area (Å²) in [5.41, 5.74) is 4.77. The SMILES string of the molecule is COc1ccc2c(c1)CCC[C@@H]2CNC(=O)NCc1cnn(C)c1C. The van der Waals surface area contributed by atoms with E-state index >= 15 is 0 Å². The van der Waals surface area contributed by atoms with Crippen molar-refractivity contribution < 1.29 is 9.53 Å². The van der Waals surface area contributed by atoms with E-state index in [1.807, 2.05) is 24.7 Å². The molecule has 1 aromatic carbocycles. The summed E-state index contributed by atoms with van der Waals surface area (Å²) in [5.74, 6) is 1.26. The zero-order chi connectivity index (χ0) is 17.8. The Morgan fingerprint density at radius 1 is 1.40 bits per heavy atom. The first-order valence-corrected chi connectivity index (χ1v) is 8.74. The maximum absolute atomic E-state index is 12.1. The molecule has 2 aromatic rings. The van der Waals surface area contributed by atoms with E-state index in [9.17, 15) is 4.79 Å². The lowest BCUT2D eigenvalue weighted by molar-refractivity contribution is 0.239. The highest BCUT2D eigenvalue weighted by molar-refractivity contribution is 5.73. The number of aryl methyl sites for hydroxylation is 2. The molecule has 1 aliphatic carbocycles. The number of carbonyl (C=O) groups is 1. The fourth-order valence-electron chi connectivity index (χ4n) is 3.40. The summed E-state index contributed by atoms with van der Waals surface area (Å²) in [6.45, 7) is 3.14. The minimum absolute atomic E-state index is 0.135. The van der Waals surface area contributed by atoms with E-state index in [4.69, 9.17) is 4.74 Å². The summed E-state index contributed by atoms with van der Waals surface area (Å²) in [4.78, 5) is 12.1. The second-order valence-corrected chi connectivity index (χ2v) is 6.60. The molecule has 0 saturated carbocycles. The highest BCUT2D eigenvalue weighted by Gasteiger charge is 2.21. The molecule has 0 spiro atoms. The van der Waals surface area contributed by atoms with Crippen molar-refractivity contribution in [2.24, 2.45) is 7.05 Å². The van der Waals surface area contributed by atoms with Crippen LogP contribution in [0.3, 0.4) is 0 Å². The first-order chi connectivity index (χ1) is 12.1. The van der Waals surface area contributed by atoms with Crippen molar-refractivity contribution in [2.45, 2.75) is 38.6 Å². The lowest BCUT2D eigenvalue weighted by Gasteiger charge is -2.26. The van der Waals surface area contributed by atoms with E-state index in [1.54, 1.807) is 13.3 Å². The molecule has 0 aliphatic heterocycles. The topological polar surface area (TPSA) is 68.2 Å². The minimum atomic E-state index is -0.135. The zero-order valence-electron chi connectivity index (χ0n) is 15.1. The van der Waals surface area contributed by atoms with Crippen LogP contribution in [-0.2, 0) is 20.0 Å². The van der Waals surface area contributed by atoms with E-state index in [-0.39, 0.29) is 6.03 Å². The van der Waals surface area contributed by atoms with Crippen LogP contribution in [-0.4, -0.2) is 29.5 Å². The molecule has 0 saturated heterocycles. The third-order valence-corrected chi connectivity index (χ3v) is 5.07. The number of nitrogens with one attached hydrogen (secondary N) is 2. The fraction of sp³-hybridized carbons (Fsp3) is 0.474. The number of rotatable bonds is 5. The highest BCUT2D eigenvalue weighted by Crippen LogP contribution is 2.33. The monoisotopic (exact) mass is 342 g/mol. The van der Waals surface area contributed by atoms with Crippen LogP contribution in [0.2, 0.25) is 0 Å². The summed E-state index contributed by atoms with van der Waals surface area (Å²) >= 11 is 0. The molecule has 1 atom stereocenters. The lowest BCUT2D eigenvalue weighted by atomic mass is 9.82. The molecule has 1 aromatic heterocycles. The largest absolute Gasteiger partial charge is 0.497 e. The van der Waals surface area contributed by atoms with Gasteiger partial charge in [0, 0.05) is 37.3 Å². The van der Waals surface area contributed by atoms with Gasteiger partial charge in [0.2, 0.25) is 0 Å². The van der Waals surface area contributed by atoms with Crippen LogP contribution < -0.4 is 15.4 Å². The fourth-order valence-corrected chi connectivity index (χ4v) is 3.40. The first-order valence-electron chi connectivity index (χ1n) is 8.74. The minimum Gasteiger partial charge on any atom is -0.497 e. The highest BCUT2D eigenvalue weighted by atomic mass is 16.5. The molecule has 0 radical (unpaired) electrons. The predicted molar refractivity (Wildman–Crippen MR) is 96.9 cm³/mol. The number of fused-ring (bicyclic) bond motifs is 1. The van der Waals surface area contributed by atoms with Gasteiger partial charge in [-0.25, -0.2) is 4.79 Å². The van der Waals surface area contributed by atoms with Crippen molar-refractivity contribution in [1.29, 1.82) is 0 Å². The summed E-state index contributed by atoms with van der Waals surface area (Å²) < 4.78 is 7.12. The Bertz CT molecular complexity index is 754. The average Bonchev–Trinajstić information content (AvgIpc) is 2.96. The molecule has 6 heteroatoms. The van der Waals surface area contributed by atoms with Gasteiger partial charge in [0.1, 0.15) is 5.75 Å². The van der Waals surface area contributed by atoms with Crippen molar-refractivity contribution >= 4 is 6.03 Å². The molecular weight excluding hydrogens is 316 g/mol. The van der Waals surface area contributed by atoms with Gasteiger partial charge >= 0.3 is 6.03 Å². The summed E-state index contributed by atoms with van der Waals surface area (Å²) in [7, 11) is 3.59. The van der Waals surface area contributed by atoms with Gasteiger partial charge in [0.25, 0.3) is 0 Å². The molecular formula is C19H26N4O2. The number of carbonyl (C=O) groups excluding carboxylic acids is 1. The molecule has 1 heterocycles. The van der Waals surface area contributed by atoms with Crippen molar-refractivity contribution in [3.05, 3.63) is 46.8 Å². The van der Waals surface area contributed by atoms with Crippen molar-refractivity contribution in [1.82, 2.24) is 20.4 Å². The van der Waals surface area contributed by atoms with Crippen LogP contribution in [0.25, 0.3) is 0 Å². The van der Waals surface area contributed by atoms with E-state index in [1.165, 1.54) is 11.1 Å². The molecule has 0 bridgehead atoms. The van der Waals surface area contributed by atoms with Gasteiger partial charge in [0.05, 0.1) is 13.3 Å². The maximum atomic E-state index is 12.1. The third kappa shape index (κ3) is 3.95. The summed E-state index contributed by atoms with van der Waals surface area (Å²) in [6, 6.07) is 6.12. The molecule has 6 nitrogen and oxygen atoms in total. The van der Waals surface area contributed by atoms with Crippen molar-refractivity contribution in [3.8, 4) is 5.75 Å². The normalized spacial score (nSPS) is 16.2. The number of urea groups is 1. The second-order valence-electron chi connectivity index (χ2n) is 6.60. The van der Waals surface area contributed by atoms with Gasteiger partial charge in [-0.1, -0.05) is 6.07 Å². The van der Waals surface area contributed by atoms with Crippen LogP contribution in [0.15, 0.2) is 24.4 Å². The smallest absolute Gasteiger partial charge is 0.315 e. The van der Waals surface area contributed by atoms with Crippen molar-refractivity contribution in [3.63, 3.8) is 0 Å². The lowest BCUT2D eigenvalue weighted by Crippen LogP contribution is -2.38. The van der Waals surface area contributed by atoms with Gasteiger partial charge in [-0.2, -0.15) is 5.10 Å². The van der Waals surface area contributed by atoms with Gasteiger partial charge in [-0.3, -0.25) is 4.68 Å². The molecule has 134 valence electrons. The number of methoxy groups -OCH3 is 1. The number of aromatic nitrogens is 2. The number of benzene rings is 1. The van der Waals surface area contributed by atoms with Gasteiger partial charge in [0.15, 0.2) is 0 Å². The van der Waals surface area contributed by atoms with Gasteiger partial charge in [-0.05, 0) is 49.4 Å². The first kappa shape index (κ1) is 17.3. The second kappa shape index (κ2) is 7.59. The zero-order valence-corrected chi connectivity index (χ0v) is 15.1. The molecule has 0 fully saturated rings. The van der Waals surface area contributed by atoms with E-state index in [0.29, 0.717) is 19.0 Å². The van der Waals surface area contributed by atoms with Gasteiger partial charge in [-0.15, -0.1) is 0 Å². The Morgan fingerprint density at radius 2 is 2.24 bits per heavy atom. The Labute approximate surface area is 148 Å². The number of nitrogens with zero attached hydrogens (tertiary/aromatic N) is 2. The Kier molecular flexibility index (Phi) is 5.26. The molecule has 0 unspecified atom stereocenters. The molecule has 25 heavy (non-hydrogen) atoms. The average molecular weight is 342 g/mol. The molecule has 2 N–H and O–H groups in total. The van der Waals surface area contributed by atoms with Crippen LogP contribution >= 0.6 is 0 Å². The van der Waals surface area contributed by atoms with E-state index < -0.39 is 0 Å².